The smallest absolute Gasteiger partial charge is 0.0593 e. The molecule has 1 aromatic carbocycles. The van der Waals surface area contributed by atoms with E-state index in [4.69, 9.17) is 4.74 Å². The molecule has 0 aliphatic carbocycles. The second-order valence-electron chi connectivity index (χ2n) is 4.45. The van der Waals surface area contributed by atoms with Crippen LogP contribution in [0.2, 0.25) is 0 Å². The van der Waals surface area contributed by atoms with E-state index in [1.54, 1.807) is 0 Å². The molecule has 0 radical (unpaired) electrons. The second-order valence-corrected chi connectivity index (χ2v) is 4.45. The molecule has 0 atom stereocenters. The normalized spacial score (nSPS) is 11.0. The summed E-state index contributed by atoms with van der Waals surface area (Å²) in [6.07, 6.45) is 2.23. The van der Waals surface area contributed by atoms with Gasteiger partial charge < -0.3 is 9.64 Å². The van der Waals surface area contributed by atoms with Crippen molar-refractivity contribution in [3.05, 3.63) is 35.4 Å². The molecule has 0 amide bonds. The van der Waals surface area contributed by atoms with Crippen molar-refractivity contribution >= 4 is 0 Å². The number of aryl methyl sites for hydroxylation is 2. The van der Waals surface area contributed by atoms with Crippen LogP contribution < -0.4 is 0 Å². The fourth-order valence-corrected chi connectivity index (χ4v) is 1.60. The van der Waals surface area contributed by atoms with E-state index in [9.17, 15) is 0 Å². The van der Waals surface area contributed by atoms with Crippen LogP contribution in [-0.2, 0) is 11.2 Å². The Balaban J connectivity index is 2.10. The molecular weight excluding hydrogens is 198 g/mol. The van der Waals surface area contributed by atoms with Crippen LogP contribution >= 0.6 is 0 Å². The Bertz CT molecular complexity index is 297. The van der Waals surface area contributed by atoms with Crippen LogP contribution in [0, 0.1) is 6.92 Å². The van der Waals surface area contributed by atoms with Gasteiger partial charge >= 0.3 is 0 Å². The Kier molecular flexibility index (Phi) is 6.12. The first-order valence-electron chi connectivity index (χ1n) is 5.97. The third kappa shape index (κ3) is 5.29. The predicted octanol–water partition coefficient (Wildman–Crippen LogP) is 2.51. The monoisotopic (exact) mass is 221 g/mol. The van der Waals surface area contributed by atoms with Gasteiger partial charge in [-0.1, -0.05) is 24.3 Å². The topological polar surface area (TPSA) is 12.5 Å². The van der Waals surface area contributed by atoms with Crippen molar-refractivity contribution < 1.29 is 4.74 Å². The van der Waals surface area contributed by atoms with Crippen molar-refractivity contribution in [1.29, 1.82) is 0 Å². The lowest BCUT2D eigenvalue weighted by molar-refractivity contribution is 0.116. The van der Waals surface area contributed by atoms with Gasteiger partial charge in [0.1, 0.15) is 0 Å². The Morgan fingerprint density at radius 2 is 1.88 bits per heavy atom. The molecule has 0 bridgehead atoms. The summed E-state index contributed by atoms with van der Waals surface area (Å²) in [5.41, 5.74) is 2.83. The molecule has 16 heavy (non-hydrogen) atoms. The summed E-state index contributed by atoms with van der Waals surface area (Å²) >= 11 is 0. The molecule has 0 fully saturated rings. The minimum atomic E-state index is 0.834. The summed E-state index contributed by atoms with van der Waals surface area (Å²) < 4.78 is 5.56. The molecule has 0 saturated carbocycles. The van der Waals surface area contributed by atoms with E-state index in [0.717, 1.165) is 32.6 Å². The van der Waals surface area contributed by atoms with Crippen molar-refractivity contribution in [1.82, 2.24) is 4.90 Å². The Labute approximate surface area is 99.2 Å². The molecule has 0 N–H and O–H groups in total. The molecule has 1 rings (SSSR count). The average molecular weight is 221 g/mol. The van der Waals surface area contributed by atoms with Gasteiger partial charge in [0.2, 0.25) is 0 Å². The SMILES string of the molecule is Cc1ccccc1CCCOCCN(C)C. The van der Waals surface area contributed by atoms with Gasteiger partial charge in [-0.2, -0.15) is 0 Å². The van der Waals surface area contributed by atoms with Crippen LogP contribution in [0.3, 0.4) is 0 Å². The molecule has 2 heteroatoms. The maximum atomic E-state index is 5.56. The Morgan fingerprint density at radius 1 is 1.12 bits per heavy atom. The van der Waals surface area contributed by atoms with Crippen LogP contribution in [0.5, 0.6) is 0 Å². The number of rotatable bonds is 7. The summed E-state index contributed by atoms with van der Waals surface area (Å²) in [6.45, 7) is 4.87. The summed E-state index contributed by atoms with van der Waals surface area (Å²) in [5.74, 6) is 0. The fourth-order valence-electron chi connectivity index (χ4n) is 1.60. The summed E-state index contributed by atoms with van der Waals surface area (Å²) in [7, 11) is 4.13. The van der Waals surface area contributed by atoms with Gasteiger partial charge in [0.15, 0.2) is 0 Å². The highest BCUT2D eigenvalue weighted by atomic mass is 16.5. The van der Waals surface area contributed by atoms with Gasteiger partial charge in [0.25, 0.3) is 0 Å². The van der Waals surface area contributed by atoms with Crippen molar-refractivity contribution in [2.24, 2.45) is 0 Å². The summed E-state index contributed by atoms with van der Waals surface area (Å²) in [6, 6.07) is 8.57. The molecule has 2 nitrogen and oxygen atoms in total. The zero-order valence-electron chi connectivity index (χ0n) is 10.7. The lowest BCUT2D eigenvalue weighted by atomic mass is 10.0. The molecule has 0 saturated heterocycles. The standard InChI is InChI=1S/C14H23NO/c1-13-7-4-5-8-14(13)9-6-11-16-12-10-15(2)3/h4-5,7-8H,6,9-12H2,1-3H3. The van der Waals surface area contributed by atoms with Crippen LogP contribution in [0.4, 0.5) is 0 Å². The fraction of sp³-hybridized carbons (Fsp3) is 0.571. The molecule has 0 spiro atoms. The number of hydrogen-bond acceptors (Lipinski definition) is 2. The minimum absolute atomic E-state index is 0.834. The van der Waals surface area contributed by atoms with Crippen LogP contribution in [-0.4, -0.2) is 38.8 Å². The van der Waals surface area contributed by atoms with E-state index in [2.05, 4.69) is 50.2 Å². The summed E-state index contributed by atoms with van der Waals surface area (Å²) in [4.78, 5) is 2.14. The van der Waals surface area contributed by atoms with Crippen molar-refractivity contribution in [3.63, 3.8) is 0 Å². The number of nitrogens with zero attached hydrogens (tertiary/aromatic N) is 1. The number of hydrogen-bond donors (Lipinski definition) is 0. The van der Waals surface area contributed by atoms with Crippen LogP contribution in [0.1, 0.15) is 17.5 Å². The van der Waals surface area contributed by atoms with E-state index in [-0.39, 0.29) is 0 Å². The summed E-state index contributed by atoms with van der Waals surface area (Å²) in [5, 5.41) is 0. The Hall–Kier alpha value is -0.860. The van der Waals surface area contributed by atoms with E-state index < -0.39 is 0 Å². The zero-order chi connectivity index (χ0) is 11.8. The molecule has 0 aliphatic heterocycles. The maximum absolute atomic E-state index is 5.56. The molecule has 0 heterocycles. The predicted molar refractivity (Wildman–Crippen MR) is 68.9 cm³/mol. The minimum Gasteiger partial charge on any atom is -0.380 e. The van der Waals surface area contributed by atoms with Gasteiger partial charge in [0, 0.05) is 13.2 Å². The van der Waals surface area contributed by atoms with Gasteiger partial charge in [0.05, 0.1) is 6.61 Å². The van der Waals surface area contributed by atoms with Crippen molar-refractivity contribution in [2.45, 2.75) is 19.8 Å². The third-order valence-corrected chi connectivity index (χ3v) is 2.68. The highest BCUT2D eigenvalue weighted by Gasteiger charge is 1.97. The molecular formula is C14H23NO. The highest BCUT2D eigenvalue weighted by molar-refractivity contribution is 5.25. The molecule has 0 aromatic heterocycles. The Morgan fingerprint density at radius 3 is 2.56 bits per heavy atom. The lowest BCUT2D eigenvalue weighted by Crippen LogP contribution is -2.18. The quantitative estimate of drug-likeness (QED) is 0.656. The number of benzene rings is 1. The van der Waals surface area contributed by atoms with Gasteiger partial charge in [-0.25, -0.2) is 0 Å². The molecule has 90 valence electrons. The average Bonchev–Trinajstić information content (AvgIpc) is 2.25. The second kappa shape index (κ2) is 7.42. The van der Waals surface area contributed by atoms with Gasteiger partial charge in [-0.3, -0.25) is 0 Å². The van der Waals surface area contributed by atoms with Crippen LogP contribution in [0.15, 0.2) is 24.3 Å². The molecule has 0 aliphatic rings. The number of likely N-dealkylation sites (N-methyl/N-ethyl adjacent to an activating group) is 1. The number of ether oxygens (including phenoxy) is 1. The maximum Gasteiger partial charge on any atom is 0.0593 e. The van der Waals surface area contributed by atoms with Crippen molar-refractivity contribution in [3.8, 4) is 0 Å². The molecule has 0 unspecified atom stereocenters. The van der Waals surface area contributed by atoms with E-state index in [1.165, 1.54) is 11.1 Å². The highest BCUT2D eigenvalue weighted by Crippen LogP contribution is 2.09. The first-order chi connectivity index (χ1) is 7.70. The first-order valence-corrected chi connectivity index (χ1v) is 5.97. The van der Waals surface area contributed by atoms with E-state index >= 15 is 0 Å². The van der Waals surface area contributed by atoms with Gasteiger partial charge in [-0.15, -0.1) is 0 Å². The third-order valence-electron chi connectivity index (χ3n) is 2.68. The van der Waals surface area contributed by atoms with E-state index in [0.29, 0.717) is 0 Å². The van der Waals surface area contributed by atoms with Crippen LogP contribution in [0.25, 0.3) is 0 Å². The van der Waals surface area contributed by atoms with Crippen molar-refractivity contribution in [2.75, 3.05) is 33.9 Å². The largest absolute Gasteiger partial charge is 0.380 e. The first kappa shape index (κ1) is 13.2. The molecule has 1 aromatic rings. The zero-order valence-corrected chi connectivity index (χ0v) is 10.7. The lowest BCUT2D eigenvalue weighted by Gasteiger charge is -2.10. The van der Waals surface area contributed by atoms with Gasteiger partial charge in [-0.05, 0) is 45.0 Å². The van der Waals surface area contributed by atoms with E-state index in [1.807, 2.05) is 0 Å².